The molecule has 3 rings (SSSR count). The van der Waals surface area contributed by atoms with Gasteiger partial charge in [-0.2, -0.15) is 5.10 Å². The largest absolute Gasteiger partial charge is 0.376 e. The van der Waals surface area contributed by atoms with E-state index in [1.54, 1.807) is 0 Å². The molecule has 1 aliphatic heterocycles. The average molecular weight is 252 g/mol. The number of rotatable bonds is 1. The van der Waals surface area contributed by atoms with E-state index in [-0.39, 0.29) is 6.10 Å². The first-order valence-electron chi connectivity index (χ1n) is 5.85. The topological polar surface area (TPSA) is 47.8 Å². The lowest BCUT2D eigenvalue weighted by atomic mass is 10.1. The predicted octanol–water partition coefficient (Wildman–Crippen LogP) is 2.09. The van der Waals surface area contributed by atoms with Gasteiger partial charge in [-0.3, -0.25) is 9.25 Å². The van der Waals surface area contributed by atoms with E-state index in [9.17, 15) is 0 Å². The van der Waals surface area contributed by atoms with Crippen molar-refractivity contribution in [3.63, 3.8) is 0 Å². The summed E-state index contributed by atoms with van der Waals surface area (Å²) in [5.74, 6) is 0. The number of hydrogen-bond donors (Lipinski definition) is 1. The van der Waals surface area contributed by atoms with Gasteiger partial charge in [-0.1, -0.05) is 0 Å². The Morgan fingerprint density at radius 2 is 2.29 bits per heavy atom. The van der Waals surface area contributed by atoms with Gasteiger partial charge in [0.1, 0.15) is 5.52 Å². The molecule has 0 amide bonds. The van der Waals surface area contributed by atoms with Crippen LogP contribution in [0.1, 0.15) is 25.1 Å². The Kier molecular flexibility index (Phi) is 2.38. The number of nitrogens with zero attached hydrogens (tertiary/aromatic N) is 3. The Balaban J connectivity index is 2.28. The highest BCUT2D eigenvalue weighted by molar-refractivity contribution is 7.71. The van der Waals surface area contributed by atoms with E-state index in [4.69, 9.17) is 17.0 Å². The maximum absolute atomic E-state index is 5.63. The molecule has 2 aromatic heterocycles. The molecule has 0 bridgehead atoms. The summed E-state index contributed by atoms with van der Waals surface area (Å²) in [5.41, 5.74) is 3.09. The van der Waals surface area contributed by atoms with Crippen LogP contribution in [0.25, 0.3) is 11.2 Å². The molecule has 3 heterocycles. The first-order chi connectivity index (χ1) is 8.09. The maximum atomic E-state index is 5.63. The van der Waals surface area contributed by atoms with Crippen LogP contribution in [-0.2, 0) is 11.8 Å². The number of ether oxygens (including phenoxy) is 1. The summed E-state index contributed by atoms with van der Waals surface area (Å²) in [6.45, 7) is 4.89. The number of nitrogens with one attached hydrogen (secondary N) is 1. The van der Waals surface area contributed by atoms with E-state index < -0.39 is 0 Å². The molecular formula is C11H16N4OS. The summed E-state index contributed by atoms with van der Waals surface area (Å²) < 4.78 is 10.4. The van der Waals surface area contributed by atoms with Gasteiger partial charge < -0.3 is 9.72 Å². The molecule has 2 atom stereocenters. The van der Waals surface area contributed by atoms with Crippen molar-refractivity contribution >= 4 is 23.4 Å². The molecule has 1 N–H and O–H groups in total. The Labute approximate surface area is 104 Å². The van der Waals surface area contributed by atoms with Gasteiger partial charge in [-0.25, -0.2) is 0 Å². The Morgan fingerprint density at radius 3 is 2.94 bits per heavy atom. The molecule has 1 aliphatic rings. The third-order valence-corrected chi connectivity index (χ3v) is 3.84. The fourth-order valence-corrected chi connectivity index (χ4v) is 3.02. The lowest BCUT2D eigenvalue weighted by molar-refractivity contribution is 0.108. The number of imidazole rings is 1. The number of H-pyrrole nitrogens is 1. The van der Waals surface area contributed by atoms with Crippen molar-refractivity contribution in [1.82, 2.24) is 19.3 Å². The number of aromatic amines is 1. The predicted molar refractivity (Wildman–Crippen MR) is 67.7 cm³/mol. The smallest absolute Gasteiger partial charge is 0.179 e. The van der Waals surface area contributed by atoms with E-state index in [0.29, 0.717) is 6.04 Å². The zero-order valence-electron chi connectivity index (χ0n) is 10.2. The second-order valence-corrected chi connectivity index (χ2v) is 5.03. The minimum Gasteiger partial charge on any atom is -0.376 e. The van der Waals surface area contributed by atoms with Gasteiger partial charge in [0, 0.05) is 13.7 Å². The summed E-state index contributed by atoms with van der Waals surface area (Å²) >= 11 is 5.43. The van der Waals surface area contributed by atoms with Crippen molar-refractivity contribution in [3.8, 4) is 0 Å². The second-order valence-electron chi connectivity index (χ2n) is 4.64. The first-order valence-corrected chi connectivity index (χ1v) is 6.26. The van der Waals surface area contributed by atoms with Crippen LogP contribution in [0.5, 0.6) is 0 Å². The molecule has 17 heavy (non-hydrogen) atoms. The van der Waals surface area contributed by atoms with E-state index in [2.05, 4.69) is 21.6 Å². The summed E-state index contributed by atoms with van der Waals surface area (Å²) in [6.07, 6.45) is 1.21. The van der Waals surface area contributed by atoms with E-state index in [1.165, 1.54) is 0 Å². The molecule has 0 spiro atoms. The SMILES string of the molecule is Cc1nn(C)c2c1[nH]c(=S)n2C1CCOC1C. The fraction of sp³-hybridized carbons (Fsp3) is 0.636. The van der Waals surface area contributed by atoms with Crippen molar-refractivity contribution in [3.05, 3.63) is 10.5 Å². The molecule has 5 nitrogen and oxygen atoms in total. The molecule has 1 saturated heterocycles. The van der Waals surface area contributed by atoms with Gasteiger partial charge in [0.2, 0.25) is 0 Å². The highest BCUT2D eigenvalue weighted by Crippen LogP contribution is 2.30. The molecule has 6 heteroatoms. The van der Waals surface area contributed by atoms with Gasteiger partial charge in [0.25, 0.3) is 0 Å². The summed E-state index contributed by atoms with van der Waals surface area (Å²) in [7, 11) is 1.95. The van der Waals surface area contributed by atoms with Gasteiger partial charge >= 0.3 is 0 Å². The molecular weight excluding hydrogens is 236 g/mol. The highest BCUT2D eigenvalue weighted by atomic mass is 32.1. The quantitative estimate of drug-likeness (QED) is 0.791. The van der Waals surface area contributed by atoms with Crippen LogP contribution in [0, 0.1) is 11.7 Å². The Hall–Kier alpha value is -1.14. The van der Waals surface area contributed by atoms with Gasteiger partial charge in [0.15, 0.2) is 10.4 Å². The van der Waals surface area contributed by atoms with E-state index in [0.717, 1.165) is 34.7 Å². The third kappa shape index (κ3) is 1.47. The zero-order valence-corrected chi connectivity index (χ0v) is 11.0. The van der Waals surface area contributed by atoms with E-state index >= 15 is 0 Å². The molecule has 2 aromatic rings. The van der Waals surface area contributed by atoms with E-state index in [1.807, 2.05) is 18.7 Å². The molecule has 0 saturated carbocycles. The summed E-state index contributed by atoms with van der Waals surface area (Å²) in [6, 6.07) is 0.311. The van der Waals surface area contributed by atoms with Crippen LogP contribution < -0.4 is 0 Å². The van der Waals surface area contributed by atoms with Crippen LogP contribution in [0.15, 0.2) is 0 Å². The van der Waals surface area contributed by atoms with Crippen molar-refractivity contribution in [1.29, 1.82) is 0 Å². The number of aryl methyl sites for hydroxylation is 2. The second kappa shape index (κ2) is 3.68. The molecule has 0 aliphatic carbocycles. The minimum absolute atomic E-state index is 0.205. The first kappa shape index (κ1) is 11.0. The lowest BCUT2D eigenvalue weighted by Crippen LogP contribution is -2.18. The molecule has 2 unspecified atom stereocenters. The van der Waals surface area contributed by atoms with Crippen LogP contribution in [0.3, 0.4) is 0 Å². The zero-order chi connectivity index (χ0) is 12.2. The summed E-state index contributed by atoms with van der Waals surface area (Å²) in [5, 5.41) is 4.43. The Morgan fingerprint density at radius 1 is 1.53 bits per heavy atom. The van der Waals surface area contributed by atoms with Gasteiger partial charge in [-0.05, 0) is 32.5 Å². The van der Waals surface area contributed by atoms with Crippen molar-refractivity contribution in [2.45, 2.75) is 32.4 Å². The van der Waals surface area contributed by atoms with Crippen LogP contribution >= 0.6 is 12.2 Å². The number of hydrogen-bond acceptors (Lipinski definition) is 3. The molecule has 1 fully saturated rings. The van der Waals surface area contributed by atoms with Crippen molar-refractivity contribution < 1.29 is 4.74 Å². The monoisotopic (exact) mass is 252 g/mol. The van der Waals surface area contributed by atoms with Crippen LogP contribution in [-0.4, -0.2) is 32.0 Å². The average Bonchev–Trinajstić information content (AvgIpc) is 2.87. The molecule has 0 radical (unpaired) electrons. The van der Waals surface area contributed by atoms with Crippen molar-refractivity contribution in [2.75, 3.05) is 6.61 Å². The minimum atomic E-state index is 0.205. The fourth-order valence-electron chi connectivity index (χ4n) is 2.70. The normalized spacial score (nSPS) is 24.9. The third-order valence-electron chi connectivity index (χ3n) is 3.54. The Bertz CT molecular complexity index is 623. The number of fused-ring (bicyclic) bond motifs is 1. The number of aromatic nitrogens is 4. The van der Waals surface area contributed by atoms with Crippen LogP contribution in [0.2, 0.25) is 0 Å². The highest BCUT2D eigenvalue weighted by Gasteiger charge is 2.29. The maximum Gasteiger partial charge on any atom is 0.179 e. The van der Waals surface area contributed by atoms with Crippen molar-refractivity contribution in [2.24, 2.45) is 7.05 Å². The molecule has 92 valence electrons. The van der Waals surface area contributed by atoms with Crippen LogP contribution in [0.4, 0.5) is 0 Å². The van der Waals surface area contributed by atoms with Gasteiger partial charge in [0.05, 0.1) is 17.8 Å². The van der Waals surface area contributed by atoms with Gasteiger partial charge in [-0.15, -0.1) is 0 Å². The molecule has 0 aromatic carbocycles. The lowest BCUT2D eigenvalue weighted by Gasteiger charge is -2.16. The summed E-state index contributed by atoms with van der Waals surface area (Å²) in [4.78, 5) is 3.25. The standard InChI is InChI=1S/C11H16N4OS/c1-6-9-10(14(3)13-6)15(11(17)12-9)8-4-5-16-7(8)2/h7-8H,4-5H2,1-3H3,(H,12,17).